The molecule has 0 aromatic heterocycles. The van der Waals surface area contributed by atoms with Crippen molar-refractivity contribution in [1.29, 1.82) is 0 Å². The highest BCUT2D eigenvalue weighted by Crippen LogP contribution is 2.31. The molecule has 15 heavy (non-hydrogen) atoms. The molecular weight excluding hydrogens is 295 g/mol. The van der Waals surface area contributed by atoms with Gasteiger partial charge in [0.05, 0.1) is 0 Å². The summed E-state index contributed by atoms with van der Waals surface area (Å²) >= 11 is 2.45. The summed E-state index contributed by atoms with van der Waals surface area (Å²) in [7, 11) is 0. The molecule has 0 heterocycles. The first kappa shape index (κ1) is 12.8. The summed E-state index contributed by atoms with van der Waals surface area (Å²) in [5.74, 6) is 0. The largest absolute Gasteiger partial charge is 0.102 e. The van der Waals surface area contributed by atoms with Crippen LogP contribution in [-0.4, -0.2) is 4.43 Å². The Morgan fingerprint density at radius 3 is 2.20 bits per heavy atom. The molecule has 0 saturated heterocycles. The third kappa shape index (κ3) is 2.63. The van der Waals surface area contributed by atoms with Crippen molar-refractivity contribution < 1.29 is 0 Å². The molecule has 0 saturated carbocycles. The Balaban J connectivity index is 3.06. The normalized spacial score (nSPS) is 14.6. The van der Waals surface area contributed by atoms with Gasteiger partial charge in [0, 0.05) is 9.84 Å². The van der Waals surface area contributed by atoms with E-state index < -0.39 is 0 Å². The first-order valence-electron chi connectivity index (χ1n) is 5.51. The van der Waals surface area contributed by atoms with Crippen LogP contribution in [0, 0.1) is 0 Å². The average molecular weight is 314 g/mol. The molecule has 1 rings (SSSR count). The third-order valence-corrected chi connectivity index (χ3v) is 4.56. The van der Waals surface area contributed by atoms with E-state index in [1.165, 1.54) is 11.1 Å². The van der Waals surface area contributed by atoms with Crippen LogP contribution in [0.25, 0.3) is 0 Å². The highest BCUT2D eigenvalue weighted by atomic mass is 127. The van der Waals surface area contributed by atoms with Gasteiger partial charge in [-0.3, -0.25) is 0 Å². The zero-order chi connectivity index (χ0) is 11.3. The Kier molecular flexibility index (Phi) is 4.84. The Morgan fingerprint density at radius 2 is 1.87 bits per heavy atom. The number of hydrogen-bond donors (Lipinski definition) is 0. The summed E-state index contributed by atoms with van der Waals surface area (Å²) in [6, 6.07) is 8.97. The van der Waals surface area contributed by atoms with Gasteiger partial charge in [-0.1, -0.05) is 66.8 Å². The van der Waals surface area contributed by atoms with Gasteiger partial charge in [-0.25, -0.2) is 0 Å². The molecule has 1 aromatic carbocycles. The molecule has 1 atom stereocenters. The zero-order valence-corrected chi connectivity index (χ0v) is 11.8. The Bertz CT molecular complexity index is 307. The summed E-state index contributed by atoms with van der Waals surface area (Å²) in [4.78, 5) is 0. The SMILES string of the molecule is C=CC(CC)(CI)c1ccc(CC)cc1. The predicted octanol–water partition coefficient (Wildman–Crippen LogP) is 4.52. The molecular formula is C14H19I. The molecule has 1 heteroatoms. The minimum absolute atomic E-state index is 0.160. The molecule has 0 aliphatic heterocycles. The van der Waals surface area contributed by atoms with Crippen molar-refractivity contribution in [2.45, 2.75) is 32.1 Å². The van der Waals surface area contributed by atoms with Crippen LogP contribution in [0.2, 0.25) is 0 Å². The molecule has 0 fully saturated rings. The van der Waals surface area contributed by atoms with Crippen LogP contribution in [0.15, 0.2) is 36.9 Å². The van der Waals surface area contributed by atoms with E-state index in [9.17, 15) is 0 Å². The van der Waals surface area contributed by atoms with Gasteiger partial charge in [-0.05, 0) is 24.0 Å². The van der Waals surface area contributed by atoms with Crippen LogP contribution in [-0.2, 0) is 11.8 Å². The molecule has 1 unspecified atom stereocenters. The third-order valence-electron chi connectivity index (χ3n) is 3.20. The molecule has 82 valence electrons. The van der Waals surface area contributed by atoms with E-state index in [0.717, 1.165) is 17.3 Å². The maximum Gasteiger partial charge on any atom is 0.0216 e. The standard InChI is InChI=1S/C14H19I/c1-4-12-7-9-13(10-8-12)14(5-2,6-3)11-15/h5,7-10H,2,4,6,11H2,1,3H3. The van der Waals surface area contributed by atoms with Gasteiger partial charge in [0.25, 0.3) is 0 Å². The molecule has 0 aliphatic carbocycles. The number of benzene rings is 1. The summed E-state index contributed by atoms with van der Waals surface area (Å²) in [5.41, 5.74) is 2.96. The second kappa shape index (κ2) is 5.69. The minimum Gasteiger partial charge on any atom is -0.102 e. The highest BCUT2D eigenvalue weighted by Gasteiger charge is 2.24. The average Bonchev–Trinajstić information content (AvgIpc) is 2.33. The molecule has 0 nitrogen and oxygen atoms in total. The summed E-state index contributed by atoms with van der Waals surface area (Å²) in [6.45, 7) is 8.41. The van der Waals surface area contributed by atoms with Gasteiger partial charge in [-0.15, -0.1) is 6.58 Å². The Morgan fingerprint density at radius 1 is 1.27 bits per heavy atom. The topological polar surface area (TPSA) is 0 Å². The summed E-state index contributed by atoms with van der Waals surface area (Å²) < 4.78 is 1.09. The quantitative estimate of drug-likeness (QED) is 0.426. The maximum absolute atomic E-state index is 3.99. The maximum atomic E-state index is 3.99. The van der Waals surface area contributed by atoms with Gasteiger partial charge in [-0.2, -0.15) is 0 Å². The van der Waals surface area contributed by atoms with E-state index in [0.29, 0.717) is 0 Å². The predicted molar refractivity (Wildman–Crippen MR) is 76.9 cm³/mol. The van der Waals surface area contributed by atoms with E-state index in [4.69, 9.17) is 0 Å². The number of aryl methyl sites for hydroxylation is 1. The smallest absolute Gasteiger partial charge is 0.0216 e. The fourth-order valence-corrected chi connectivity index (χ4v) is 3.06. The monoisotopic (exact) mass is 314 g/mol. The second-order valence-electron chi connectivity index (χ2n) is 3.90. The van der Waals surface area contributed by atoms with Gasteiger partial charge in [0.15, 0.2) is 0 Å². The van der Waals surface area contributed by atoms with Crippen molar-refractivity contribution in [1.82, 2.24) is 0 Å². The summed E-state index contributed by atoms with van der Waals surface area (Å²) in [6.07, 6.45) is 4.32. The van der Waals surface area contributed by atoms with E-state index in [1.54, 1.807) is 0 Å². The van der Waals surface area contributed by atoms with Gasteiger partial charge in [0.2, 0.25) is 0 Å². The molecule has 0 radical (unpaired) electrons. The van der Waals surface area contributed by atoms with E-state index in [1.807, 2.05) is 0 Å². The molecule has 1 aromatic rings. The van der Waals surface area contributed by atoms with Crippen LogP contribution in [0.3, 0.4) is 0 Å². The van der Waals surface area contributed by atoms with Crippen LogP contribution >= 0.6 is 22.6 Å². The van der Waals surface area contributed by atoms with Crippen molar-refractivity contribution in [3.63, 3.8) is 0 Å². The molecule has 0 aliphatic rings. The van der Waals surface area contributed by atoms with Gasteiger partial charge in [0.1, 0.15) is 0 Å². The zero-order valence-electron chi connectivity index (χ0n) is 9.59. The van der Waals surface area contributed by atoms with Gasteiger partial charge < -0.3 is 0 Å². The number of halogens is 1. The highest BCUT2D eigenvalue weighted by molar-refractivity contribution is 14.1. The summed E-state index contributed by atoms with van der Waals surface area (Å²) in [5, 5.41) is 0. The van der Waals surface area contributed by atoms with Crippen molar-refractivity contribution in [3.8, 4) is 0 Å². The number of allylic oxidation sites excluding steroid dienone is 1. The number of rotatable bonds is 5. The molecule has 0 spiro atoms. The van der Waals surface area contributed by atoms with Crippen LogP contribution < -0.4 is 0 Å². The molecule has 0 N–H and O–H groups in total. The fourth-order valence-electron chi connectivity index (χ4n) is 1.76. The van der Waals surface area contributed by atoms with Crippen molar-refractivity contribution in [2.24, 2.45) is 0 Å². The second-order valence-corrected chi connectivity index (χ2v) is 4.66. The lowest BCUT2D eigenvalue weighted by Gasteiger charge is -2.27. The fraction of sp³-hybridized carbons (Fsp3) is 0.429. The minimum atomic E-state index is 0.160. The van der Waals surface area contributed by atoms with Crippen LogP contribution in [0.5, 0.6) is 0 Å². The number of alkyl halides is 1. The van der Waals surface area contributed by atoms with Crippen molar-refractivity contribution >= 4 is 22.6 Å². The van der Waals surface area contributed by atoms with Gasteiger partial charge >= 0.3 is 0 Å². The molecule has 0 bridgehead atoms. The van der Waals surface area contributed by atoms with Crippen molar-refractivity contribution in [2.75, 3.05) is 4.43 Å². The molecule has 0 amide bonds. The number of hydrogen-bond acceptors (Lipinski definition) is 0. The first-order valence-corrected chi connectivity index (χ1v) is 7.04. The Labute approximate surface area is 107 Å². The van der Waals surface area contributed by atoms with E-state index >= 15 is 0 Å². The first-order chi connectivity index (χ1) is 7.22. The lowest BCUT2D eigenvalue weighted by Crippen LogP contribution is -2.23. The van der Waals surface area contributed by atoms with Crippen LogP contribution in [0.1, 0.15) is 31.4 Å². The Hall–Kier alpha value is -0.310. The van der Waals surface area contributed by atoms with Crippen molar-refractivity contribution in [3.05, 3.63) is 48.0 Å². The van der Waals surface area contributed by atoms with E-state index in [2.05, 4.69) is 73.4 Å². The lowest BCUT2D eigenvalue weighted by molar-refractivity contribution is 0.593. The lowest BCUT2D eigenvalue weighted by atomic mass is 9.80. The van der Waals surface area contributed by atoms with E-state index in [-0.39, 0.29) is 5.41 Å². The van der Waals surface area contributed by atoms with Crippen LogP contribution in [0.4, 0.5) is 0 Å².